The molecule has 0 aliphatic heterocycles. The molecule has 26 heavy (non-hydrogen) atoms. The fraction of sp³-hybridized carbons (Fsp3) is 0.263. The number of benzene rings is 1. The summed E-state index contributed by atoms with van der Waals surface area (Å²) in [5.74, 6) is -0.308. The van der Waals surface area contributed by atoms with Crippen LogP contribution in [0, 0.1) is 13.8 Å². The predicted molar refractivity (Wildman–Crippen MR) is 101 cm³/mol. The predicted octanol–water partition coefficient (Wildman–Crippen LogP) is 3.73. The fourth-order valence-corrected chi connectivity index (χ4v) is 3.71. The Labute approximate surface area is 155 Å². The van der Waals surface area contributed by atoms with Gasteiger partial charge < -0.3 is 9.72 Å². The Balaban J connectivity index is 1.80. The van der Waals surface area contributed by atoms with Gasteiger partial charge in [0.2, 0.25) is 0 Å². The second kappa shape index (κ2) is 7.70. The Morgan fingerprint density at radius 2 is 2.00 bits per heavy atom. The molecule has 6 nitrogen and oxygen atoms in total. The van der Waals surface area contributed by atoms with Crippen LogP contribution in [0.1, 0.15) is 39.0 Å². The van der Waals surface area contributed by atoms with E-state index in [9.17, 15) is 9.59 Å². The topological polar surface area (TPSA) is 84.9 Å². The molecule has 134 valence electrons. The minimum Gasteiger partial charge on any atom is -0.462 e. The van der Waals surface area contributed by atoms with Crippen LogP contribution in [0.4, 0.5) is 0 Å². The lowest BCUT2D eigenvalue weighted by molar-refractivity contribution is 0.0525. The Morgan fingerprint density at radius 3 is 2.77 bits per heavy atom. The number of aryl methyl sites for hydroxylation is 1. The molecule has 2 aromatic heterocycles. The molecule has 0 radical (unpaired) electrons. The van der Waals surface area contributed by atoms with Gasteiger partial charge in [-0.2, -0.15) is 5.10 Å². The Kier molecular flexibility index (Phi) is 5.37. The molecule has 3 rings (SSSR count). The van der Waals surface area contributed by atoms with Gasteiger partial charge >= 0.3 is 5.97 Å². The molecule has 1 N–H and O–H groups in total. The lowest BCUT2D eigenvalue weighted by atomic mass is 10.1. The summed E-state index contributed by atoms with van der Waals surface area (Å²) < 4.78 is 5.07. The normalized spacial score (nSPS) is 10.9. The van der Waals surface area contributed by atoms with Crippen molar-refractivity contribution < 1.29 is 14.3 Å². The van der Waals surface area contributed by atoms with Gasteiger partial charge in [-0.1, -0.05) is 36.0 Å². The number of carbonyl (C=O) groups excluding carboxylic acids is 2. The standard InChI is InChI=1S/C19H19N3O3S/c1-4-25-19(24)16-11(2)17(21-12(16)3)15(23)10-26-18-14-8-6-5-7-13(14)9-20-22-18/h5-9,21H,4,10H2,1-3H3. The summed E-state index contributed by atoms with van der Waals surface area (Å²) in [6.45, 7) is 5.57. The van der Waals surface area contributed by atoms with Gasteiger partial charge in [0.1, 0.15) is 5.03 Å². The molecule has 3 aromatic rings. The fourth-order valence-electron chi connectivity index (χ4n) is 2.85. The van der Waals surface area contributed by atoms with Crippen LogP contribution < -0.4 is 0 Å². The summed E-state index contributed by atoms with van der Waals surface area (Å²) in [6.07, 6.45) is 1.70. The molecule has 0 amide bonds. The van der Waals surface area contributed by atoms with Crippen LogP contribution in [0.15, 0.2) is 35.5 Å². The van der Waals surface area contributed by atoms with Crippen LogP contribution in [-0.4, -0.2) is 39.3 Å². The highest BCUT2D eigenvalue weighted by molar-refractivity contribution is 8.00. The number of ether oxygens (including phenoxy) is 1. The number of aromatic nitrogens is 3. The third kappa shape index (κ3) is 3.48. The first-order valence-corrected chi connectivity index (χ1v) is 9.24. The van der Waals surface area contributed by atoms with Crippen molar-refractivity contribution in [2.24, 2.45) is 0 Å². The first-order valence-electron chi connectivity index (χ1n) is 8.25. The number of hydrogen-bond donors (Lipinski definition) is 1. The van der Waals surface area contributed by atoms with Crippen molar-refractivity contribution in [2.75, 3.05) is 12.4 Å². The molecule has 0 saturated heterocycles. The number of ketones is 1. The van der Waals surface area contributed by atoms with E-state index in [1.165, 1.54) is 11.8 Å². The van der Waals surface area contributed by atoms with E-state index >= 15 is 0 Å². The number of nitrogens with one attached hydrogen (secondary N) is 1. The number of rotatable bonds is 6. The van der Waals surface area contributed by atoms with Crippen molar-refractivity contribution in [1.29, 1.82) is 0 Å². The van der Waals surface area contributed by atoms with E-state index in [0.717, 1.165) is 10.8 Å². The first-order chi connectivity index (χ1) is 12.5. The van der Waals surface area contributed by atoms with E-state index in [4.69, 9.17) is 4.74 Å². The van der Waals surface area contributed by atoms with Crippen molar-refractivity contribution in [2.45, 2.75) is 25.8 Å². The first kappa shape index (κ1) is 18.1. The molecular weight excluding hydrogens is 350 g/mol. The summed E-state index contributed by atoms with van der Waals surface area (Å²) >= 11 is 1.34. The molecule has 0 spiro atoms. The van der Waals surface area contributed by atoms with E-state index in [2.05, 4.69) is 15.2 Å². The average Bonchev–Trinajstić information content (AvgIpc) is 2.94. The van der Waals surface area contributed by atoms with Gasteiger partial charge in [-0.25, -0.2) is 4.79 Å². The maximum absolute atomic E-state index is 12.7. The van der Waals surface area contributed by atoms with Crippen LogP contribution >= 0.6 is 11.8 Å². The Morgan fingerprint density at radius 1 is 1.23 bits per heavy atom. The zero-order valence-electron chi connectivity index (χ0n) is 14.8. The molecular formula is C19H19N3O3S. The van der Waals surface area contributed by atoms with Crippen LogP contribution in [-0.2, 0) is 4.74 Å². The van der Waals surface area contributed by atoms with E-state index in [0.29, 0.717) is 34.1 Å². The van der Waals surface area contributed by atoms with E-state index in [-0.39, 0.29) is 11.5 Å². The number of thioether (sulfide) groups is 1. The molecule has 1 aromatic carbocycles. The number of hydrogen-bond acceptors (Lipinski definition) is 6. The van der Waals surface area contributed by atoms with Crippen LogP contribution in [0.5, 0.6) is 0 Å². The summed E-state index contributed by atoms with van der Waals surface area (Å²) in [7, 11) is 0. The molecule has 0 bridgehead atoms. The zero-order valence-corrected chi connectivity index (χ0v) is 15.6. The number of nitrogens with zero attached hydrogens (tertiary/aromatic N) is 2. The van der Waals surface area contributed by atoms with Crippen LogP contribution in [0.2, 0.25) is 0 Å². The number of H-pyrrole nitrogens is 1. The van der Waals surface area contributed by atoms with Gasteiger partial charge in [0, 0.05) is 16.5 Å². The summed E-state index contributed by atoms with van der Waals surface area (Å²) in [5, 5.41) is 10.8. The third-order valence-electron chi connectivity index (χ3n) is 4.07. The van der Waals surface area contributed by atoms with Crippen molar-refractivity contribution in [3.63, 3.8) is 0 Å². The molecule has 2 heterocycles. The number of esters is 1. The second-order valence-electron chi connectivity index (χ2n) is 5.79. The maximum atomic E-state index is 12.7. The van der Waals surface area contributed by atoms with Gasteiger partial charge in [0.05, 0.1) is 29.8 Å². The molecule has 0 fully saturated rings. The minimum absolute atomic E-state index is 0.0964. The average molecular weight is 369 g/mol. The SMILES string of the molecule is CCOC(=O)c1c(C)[nH]c(C(=O)CSc2nncc3ccccc23)c1C. The lowest BCUT2D eigenvalue weighted by Gasteiger charge is -2.04. The van der Waals surface area contributed by atoms with Crippen LogP contribution in [0.3, 0.4) is 0 Å². The Bertz CT molecular complexity index is 976. The number of carbonyl (C=O) groups is 2. The van der Waals surface area contributed by atoms with Crippen molar-refractivity contribution in [1.82, 2.24) is 15.2 Å². The number of fused-ring (bicyclic) bond motifs is 1. The maximum Gasteiger partial charge on any atom is 0.340 e. The molecule has 7 heteroatoms. The molecule has 0 unspecified atom stereocenters. The van der Waals surface area contributed by atoms with E-state index in [1.54, 1.807) is 27.0 Å². The summed E-state index contributed by atoms with van der Waals surface area (Å²) in [5.41, 5.74) is 2.13. The molecule has 0 aliphatic rings. The van der Waals surface area contributed by atoms with Gasteiger partial charge in [-0.15, -0.1) is 5.10 Å². The molecule has 0 atom stereocenters. The highest BCUT2D eigenvalue weighted by Gasteiger charge is 2.23. The van der Waals surface area contributed by atoms with Crippen molar-refractivity contribution in [3.05, 3.63) is 53.0 Å². The van der Waals surface area contributed by atoms with Crippen molar-refractivity contribution in [3.8, 4) is 0 Å². The largest absolute Gasteiger partial charge is 0.462 e. The second-order valence-corrected chi connectivity index (χ2v) is 6.76. The van der Waals surface area contributed by atoms with Gasteiger partial charge in [0.25, 0.3) is 0 Å². The summed E-state index contributed by atoms with van der Waals surface area (Å²) in [6, 6.07) is 7.78. The smallest absolute Gasteiger partial charge is 0.340 e. The van der Waals surface area contributed by atoms with Gasteiger partial charge in [-0.3, -0.25) is 4.79 Å². The summed E-state index contributed by atoms with van der Waals surface area (Å²) in [4.78, 5) is 27.8. The van der Waals surface area contributed by atoms with E-state index < -0.39 is 5.97 Å². The highest BCUT2D eigenvalue weighted by atomic mass is 32.2. The zero-order chi connectivity index (χ0) is 18.7. The molecule has 0 aliphatic carbocycles. The quantitative estimate of drug-likeness (QED) is 0.405. The van der Waals surface area contributed by atoms with Crippen LogP contribution in [0.25, 0.3) is 10.8 Å². The van der Waals surface area contributed by atoms with E-state index in [1.807, 2.05) is 24.3 Å². The monoisotopic (exact) mass is 369 g/mol. The van der Waals surface area contributed by atoms with Crippen molar-refractivity contribution >= 4 is 34.3 Å². The third-order valence-corrected chi connectivity index (χ3v) is 5.05. The Hall–Kier alpha value is -2.67. The van der Waals surface area contributed by atoms with Gasteiger partial charge in [-0.05, 0) is 26.3 Å². The van der Waals surface area contributed by atoms with Gasteiger partial charge in [0.15, 0.2) is 5.78 Å². The number of Topliss-reactive ketones (excluding diaryl/α,β-unsaturated/α-hetero) is 1. The minimum atomic E-state index is -0.412. The number of aromatic amines is 1. The lowest BCUT2D eigenvalue weighted by Crippen LogP contribution is -2.08. The highest BCUT2D eigenvalue weighted by Crippen LogP contribution is 2.26. The molecule has 0 saturated carbocycles.